The van der Waals surface area contributed by atoms with Crippen molar-refractivity contribution in [1.82, 2.24) is 5.32 Å². The summed E-state index contributed by atoms with van der Waals surface area (Å²) in [5, 5.41) is 40.1. The monoisotopic (exact) mass is 523 g/mol. The first-order valence-electron chi connectivity index (χ1n) is 14.7. The Morgan fingerprint density at radius 1 is 0.838 bits per heavy atom. The predicted octanol–water partition coefficient (Wildman–Crippen LogP) is 7.64. The number of aliphatic carboxylic acids is 1. The molecule has 0 aliphatic carbocycles. The number of aliphatic hydroxyl groups is 2. The molecule has 37 heavy (non-hydrogen) atoms. The first-order valence-corrected chi connectivity index (χ1v) is 14.7. The number of carboxylic acids is 1. The summed E-state index contributed by atoms with van der Waals surface area (Å²) >= 11 is 0. The average Bonchev–Trinajstić information content (AvgIpc) is 2.85. The van der Waals surface area contributed by atoms with E-state index in [1.165, 1.54) is 89.5 Å². The van der Waals surface area contributed by atoms with Crippen LogP contribution in [0.5, 0.6) is 5.75 Å². The summed E-state index contributed by atoms with van der Waals surface area (Å²) in [4.78, 5) is 10.3. The minimum Gasteiger partial charge on any atom is -0.508 e. The van der Waals surface area contributed by atoms with Crippen molar-refractivity contribution in [2.75, 3.05) is 6.54 Å². The standard InChI is InChI=1S/C18H36O2.C13H21NO3/c1-2-3-4-5-6-7-8-9-10-11-12-13-14-15-16-17-18(19)20;1-13(2,3)14-7-12(17)9-4-5-11(16)10(6-9)8-15/h2-17H2,1H3,(H,19,20);4-6,12,14-17H,7-8H2,1-3H3. The summed E-state index contributed by atoms with van der Waals surface area (Å²) in [6.45, 7) is 8.53. The number of nitrogens with one attached hydrogen (secondary N) is 1. The summed E-state index contributed by atoms with van der Waals surface area (Å²) in [6.07, 6.45) is 19.5. The maximum absolute atomic E-state index is 10.3. The number of hydrogen-bond donors (Lipinski definition) is 5. The van der Waals surface area contributed by atoms with Gasteiger partial charge in [0, 0.05) is 24.1 Å². The Balaban J connectivity index is 0.000000708. The summed E-state index contributed by atoms with van der Waals surface area (Å²) in [5.74, 6) is -0.605. The van der Waals surface area contributed by atoms with Gasteiger partial charge in [0.05, 0.1) is 12.7 Å². The van der Waals surface area contributed by atoms with E-state index in [2.05, 4.69) is 12.2 Å². The molecule has 6 nitrogen and oxygen atoms in total. The van der Waals surface area contributed by atoms with Crippen LogP contribution in [-0.4, -0.2) is 38.5 Å². The molecule has 0 aliphatic rings. The van der Waals surface area contributed by atoms with Crippen molar-refractivity contribution < 1.29 is 25.2 Å². The molecule has 1 aromatic rings. The van der Waals surface area contributed by atoms with E-state index in [0.717, 1.165) is 12.8 Å². The van der Waals surface area contributed by atoms with Crippen LogP contribution in [0.3, 0.4) is 0 Å². The molecule has 1 rings (SSSR count). The van der Waals surface area contributed by atoms with Crippen LogP contribution in [-0.2, 0) is 11.4 Å². The van der Waals surface area contributed by atoms with Gasteiger partial charge in [-0.3, -0.25) is 4.79 Å². The average molecular weight is 524 g/mol. The second-order valence-electron chi connectivity index (χ2n) is 11.3. The first-order chi connectivity index (χ1) is 17.6. The molecule has 216 valence electrons. The van der Waals surface area contributed by atoms with Crippen LogP contribution in [0.4, 0.5) is 0 Å². The molecule has 0 aliphatic heterocycles. The van der Waals surface area contributed by atoms with Crippen molar-refractivity contribution in [1.29, 1.82) is 0 Å². The molecule has 1 atom stereocenters. The third-order valence-electron chi connectivity index (χ3n) is 6.48. The van der Waals surface area contributed by atoms with Gasteiger partial charge in [-0.2, -0.15) is 0 Å². The fourth-order valence-corrected chi connectivity index (χ4v) is 4.11. The first kappa shape index (κ1) is 35.4. The number of carbonyl (C=O) groups is 1. The van der Waals surface area contributed by atoms with Gasteiger partial charge in [-0.25, -0.2) is 0 Å². The van der Waals surface area contributed by atoms with Crippen LogP contribution >= 0.6 is 0 Å². The van der Waals surface area contributed by atoms with Gasteiger partial charge in [0.15, 0.2) is 0 Å². The number of aliphatic hydroxyl groups excluding tert-OH is 2. The lowest BCUT2D eigenvalue weighted by molar-refractivity contribution is -0.137. The highest BCUT2D eigenvalue weighted by Crippen LogP contribution is 2.22. The van der Waals surface area contributed by atoms with Crippen molar-refractivity contribution in [3.05, 3.63) is 29.3 Å². The van der Waals surface area contributed by atoms with E-state index in [-0.39, 0.29) is 17.9 Å². The van der Waals surface area contributed by atoms with Crippen LogP contribution in [0, 0.1) is 0 Å². The van der Waals surface area contributed by atoms with Gasteiger partial charge < -0.3 is 25.7 Å². The van der Waals surface area contributed by atoms with E-state index in [4.69, 9.17) is 10.2 Å². The zero-order valence-corrected chi connectivity index (χ0v) is 24.2. The molecule has 0 saturated heterocycles. The number of β-amino-alcohol motifs (C(OH)–C–C–N with tert-alkyl or cyclic N) is 1. The Labute approximate surface area is 226 Å². The Kier molecular flexibility index (Phi) is 21.4. The minimum absolute atomic E-state index is 0.0484. The van der Waals surface area contributed by atoms with Gasteiger partial charge in [-0.15, -0.1) is 0 Å². The van der Waals surface area contributed by atoms with Crippen LogP contribution < -0.4 is 5.32 Å². The van der Waals surface area contributed by atoms with E-state index < -0.39 is 12.1 Å². The third kappa shape index (κ3) is 22.1. The number of benzene rings is 1. The summed E-state index contributed by atoms with van der Waals surface area (Å²) in [6, 6.07) is 4.76. The van der Waals surface area contributed by atoms with Gasteiger partial charge in [0.2, 0.25) is 0 Å². The maximum Gasteiger partial charge on any atom is 0.303 e. The van der Waals surface area contributed by atoms with E-state index in [1.54, 1.807) is 12.1 Å². The number of carboxylic acid groups (broad SMARTS) is 1. The fraction of sp³-hybridized carbons (Fsp3) is 0.774. The predicted molar refractivity (Wildman–Crippen MR) is 154 cm³/mol. The summed E-state index contributed by atoms with van der Waals surface area (Å²) < 4.78 is 0. The van der Waals surface area contributed by atoms with E-state index in [1.807, 2.05) is 20.8 Å². The molecule has 0 saturated carbocycles. The van der Waals surface area contributed by atoms with Gasteiger partial charge in [-0.1, -0.05) is 103 Å². The molecule has 1 unspecified atom stereocenters. The Morgan fingerprint density at radius 2 is 1.30 bits per heavy atom. The van der Waals surface area contributed by atoms with Crippen LogP contribution in [0.1, 0.15) is 148 Å². The number of rotatable bonds is 20. The van der Waals surface area contributed by atoms with Gasteiger partial charge in [0.25, 0.3) is 0 Å². The van der Waals surface area contributed by atoms with Gasteiger partial charge in [0.1, 0.15) is 5.75 Å². The number of aromatic hydroxyl groups is 1. The summed E-state index contributed by atoms with van der Waals surface area (Å²) in [5.41, 5.74) is 1.05. The van der Waals surface area contributed by atoms with Crippen LogP contribution in [0.2, 0.25) is 0 Å². The maximum atomic E-state index is 10.3. The second kappa shape index (κ2) is 22.4. The topological polar surface area (TPSA) is 110 Å². The minimum atomic E-state index is -0.653. The van der Waals surface area contributed by atoms with Crippen molar-refractivity contribution >= 4 is 5.97 Å². The smallest absolute Gasteiger partial charge is 0.303 e. The number of phenols is 1. The van der Waals surface area contributed by atoms with Crippen molar-refractivity contribution in [2.24, 2.45) is 0 Å². The van der Waals surface area contributed by atoms with E-state index in [9.17, 15) is 15.0 Å². The van der Waals surface area contributed by atoms with Crippen LogP contribution in [0.25, 0.3) is 0 Å². The largest absolute Gasteiger partial charge is 0.508 e. The quantitative estimate of drug-likeness (QED) is 0.112. The lowest BCUT2D eigenvalue weighted by Crippen LogP contribution is -2.38. The number of hydrogen-bond acceptors (Lipinski definition) is 5. The van der Waals surface area contributed by atoms with E-state index >= 15 is 0 Å². The molecular weight excluding hydrogens is 466 g/mol. The molecular formula is C31H57NO5. The zero-order valence-electron chi connectivity index (χ0n) is 24.2. The molecule has 5 N–H and O–H groups in total. The highest BCUT2D eigenvalue weighted by molar-refractivity contribution is 5.66. The molecule has 0 heterocycles. The number of unbranched alkanes of at least 4 members (excludes halogenated alkanes) is 14. The molecule has 1 aromatic carbocycles. The molecule has 0 radical (unpaired) electrons. The van der Waals surface area contributed by atoms with Crippen LogP contribution in [0.15, 0.2) is 18.2 Å². The van der Waals surface area contributed by atoms with Crippen molar-refractivity contribution in [2.45, 2.75) is 149 Å². The normalized spacial score (nSPS) is 12.2. The molecule has 6 heteroatoms. The molecule has 0 amide bonds. The highest BCUT2D eigenvalue weighted by Gasteiger charge is 2.14. The molecule has 0 bridgehead atoms. The van der Waals surface area contributed by atoms with Crippen molar-refractivity contribution in [3.63, 3.8) is 0 Å². The van der Waals surface area contributed by atoms with E-state index in [0.29, 0.717) is 24.1 Å². The van der Waals surface area contributed by atoms with Gasteiger partial charge >= 0.3 is 5.97 Å². The lowest BCUT2D eigenvalue weighted by Gasteiger charge is -2.23. The molecule has 0 spiro atoms. The SMILES string of the molecule is CC(C)(C)NCC(O)c1ccc(O)c(CO)c1.CCCCCCCCCCCCCCCCCC(=O)O. The Hall–Kier alpha value is -1.63. The second-order valence-corrected chi connectivity index (χ2v) is 11.3. The third-order valence-corrected chi connectivity index (χ3v) is 6.48. The molecule has 0 fully saturated rings. The van der Waals surface area contributed by atoms with Crippen molar-refractivity contribution in [3.8, 4) is 5.75 Å². The highest BCUT2D eigenvalue weighted by atomic mass is 16.4. The lowest BCUT2D eigenvalue weighted by atomic mass is 10.0. The Morgan fingerprint density at radius 3 is 1.70 bits per heavy atom. The van der Waals surface area contributed by atoms with Gasteiger partial charge in [-0.05, 0) is 44.9 Å². The Bertz CT molecular complexity index is 687. The summed E-state index contributed by atoms with van der Waals surface area (Å²) in [7, 11) is 0. The zero-order chi connectivity index (χ0) is 27.9. The molecule has 0 aromatic heterocycles. The fourth-order valence-electron chi connectivity index (χ4n) is 4.11.